The molecule has 1 unspecified atom stereocenters. The smallest absolute Gasteiger partial charge is 0.290 e. The van der Waals surface area contributed by atoms with Crippen molar-refractivity contribution in [2.24, 2.45) is 5.41 Å². The van der Waals surface area contributed by atoms with Gasteiger partial charge in [-0.15, -0.1) is 0 Å². The summed E-state index contributed by atoms with van der Waals surface area (Å²) < 4.78 is 0. The summed E-state index contributed by atoms with van der Waals surface area (Å²) in [4.78, 5) is 29.5. The molecule has 0 aromatic heterocycles. The first-order valence-electron chi connectivity index (χ1n) is 9.60. The van der Waals surface area contributed by atoms with Crippen molar-refractivity contribution in [1.82, 2.24) is 9.80 Å². The minimum atomic E-state index is -0.676. The molecule has 0 saturated heterocycles. The lowest BCUT2D eigenvalue weighted by atomic mass is 9.82. The van der Waals surface area contributed by atoms with Gasteiger partial charge in [-0.25, -0.2) is 0 Å². The van der Waals surface area contributed by atoms with Crippen molar-refractivity contribution >= 4 is 11.7 Å². The summed E-state index contributed by atoms with van der Waals surface area (Å²) in [5, 5.41) is 10.6. The summed E-state index contributed by atoms with van der Waals surface area (Å²) in [6.45, 7) is 8.84. The largest absolute Gasteiger partial charge is 0.503 e. The fourth-order valence-electron chi connectivity index (χ4n) is 3.36. The monoisotopic (exact) mass is 372 g/mol. The molecule has 5 nitrogen and oxygen atoms in total. The Morgan fingerprint density at radius 1 is 1.19 bits per heavy atom. The minimum absolute atomic E-state index is 0.187. The van der Waals surface area contributed by atoms with Crippen LogP contribution in [0.2, 0.25) is 0 Å². The molecular weight excluding hydrogens is 340 g/mol. The van der Waals surface area contributed by atoms with Crippen LogP contribution in [-0.2, 0) is 16.0 Å². The maximum atomic E-state index is 13.1. The van der Waals surface area contributed by atoms with E-state index in [0.29, 0.717) is 6.54 Å². The molecular formula is C22H32N2O3. The van der Waals surface area contributed by atoms with E-state index in [1.807, 2.05) is 59.1 Å². The van der Waals surface area contributed by atoms with Crippen LogP contribution in [0, 0.1) is 5.41 Å². The van der Waals surface area contributed by atoms with Gasteiger partial charge in [0, 0.05) is 12.0 Å². The van der Waals surface area contributed by atoms with E-state index >= 15 is 0 Å². The van der Waals surface area contributed by atoms with E-state index in [1.54, 1.807) is 4.90 Å². The number of Topliss-reactive ketones (excluding diaryl/α,β-unsaturated/α-hetero) is 1. The van der Waals surface area contributed by atoms with Crippen LogP contribution in [0.5, 0.6) is 0 Å². The van der Waals surface area contributed by atoms with Crippen LogP contribution in [-0.4, -0.2) is 53.8 Å². The van der Waals surface area contributed by atoms with Gasteiger partial charge in [-0.1, -0.05) is 52.0 Å². The number of aryl methyl sites for hydroxylation is 1. The molecule has 0 saturated carbocycles. The highest BCUT2D eigenvalue weighted by atomic mass is 16.3. The van der Waals surface area contributed by atoms with Gasteiger partial charge in [-0.2, -0.15) is 0 Å². The lowest BCUT2D eigenvalue weighted by molar-refractivity contribution is -0.129. The van der Waals surface area contributed by atoms with E-state index in [1.165, 1.54) is 5.56 Å². The van der Waals surface area contributed by atoms with E-state index in [0.717, 1.165) is 24.9 Å². The zero-order valence-electron chi connectivity index (χ0n) is 17.4. The van der Waals surface area contributed by atoms with Crippen LogP contribution >= 0.6 is 0 Å². The summed E-state index contributed by atoms with van der Waals surface area (Å²) in [6.07, 6.45) is 1.69. The standard InChI is InChI=1S/C22H32N2O3/c1-7-15-9-11-16(12-10-15)18-17(20(26)22(2,3)4)19(25)21(27)24(18)14-8-13-23(5)6/h9-12,18,25H,7-8,13-14H2,1-6H3. The van der Waals surface area contributed by atoms with Gasteiger partial charge < -0.3 is 14.9 Å². The van der Waals surface area contributed by atoms with E-state index in [4.69, 9.17) is 0 Å². The van der Waals surface area contributed by atoms with E-state index in [-0.39, 0.29) is 11.4 Å². The van der Waals surface area contributed by atoms with Crippen molar-refractivity contribution in [2.75, 3.05) is 27.2 Å². The quantitative estimate of drug-likeness (QED) is 0.796. The lowest BCUT2D eigenvalue weighted by Crippen LogP contribution is -2.34. The average molecular weight is 373 g/mol. The Bertz CT molecular complexity index is 727. The number of rotatable bonds is 7. The van der Waals surface area contributed by atoms with E-state index in [9.17, 15) is 14.7 Å². The second-order valence-corrected chi connectivity index (χ2v) is 8.49. The summed E-state index contributed by atoms with van der Waals surface area (Å²) in [7, 11) is 3.97. The van der Waals surface area contributed by atoms with Gasteiger partial charge in [0.05, 0.1) is 11.6 Å². The topological polar surface area (TPSA) is 60.9 Å². The van der Waals surface area contributed by atoms with Gasteiger partial charge in [0.15, 0.2) is 11.5 Å². The zero-order valence-corrected chi connectivity index (χ0v) is 17.4. The number of aliphatic hydroxyl groups is 1. The predicted octanol–water partition coefficient (Wildman–Crippen LogP) is 3.51. The Morgan fingerprint density at radius 2 is 1.78 bits per heavy atom. The van der Waals surface area contributed by atoms with Gasteiger partial charge in [-0.05, 0) is 44.6 Å². The summed E-state index contributed by atoms with van der Waals surface area (Å²) in [5.74, 6) is -1.04. The molecule has 1 N–H and O–H groups in total. The van der Waals surface area contributed by atoms with E-state index < -0.39 is 23.1 Å². The maximum Gasteiger partial charge on any atom is 0.290 e. The Balaban J connectivity index is 2.45. The van der Waals surface area contributed by atoms with Gasteiger partial charge in [0.1, 0.15) is 0 Å². The number of nitrogens with zero attached hydrogens (tertiary/aromatic N) is 2. The SMILES string of the molecule is CCc1ccc(C2C(C(=O)C(C)(C)C)=C(O)C(=O)N2CCCN(C)C)cc1. The van der Waals surface area contributed by atoms with Crippen LogP contribution in [0.3, 0.4) is 0 Å². The predicted molar refractivity (Wildman–Crippen MR) is 108 cm³/mol. The Kier molecular flexibility index (Phi) is 6.47. The third-order valence-electron chi connectivity index (χ3n) is 4.94. The minimum Gasteiger partial charge on any atom is -0.503 e. The van der Waals surface area contributed by atoms with Crippen LogP contribution in [0.15, 0.2) is 35.6 Å². The number of carbonyl (C=O) groups is 2. The molecule has 148 valence electrons. The number of hydrogen-bond donors (Lipinski definition) is 1. The molecule has 0 radical (unpaired) electrons. The zero-order chi connectivity index (χ0) is 20.4. The lowest BCUT2D eigenvalue weighted by Gasteiger charge is -2.29. The van der Waals surface area contributed by atoms with Crippen molar-refractivity contribution < 1.29 is 14.7 Å². The summed E-state index contributed by atoms with van der Waals surface area (Å²) in [5.41, 5.74) is 1.60. The molecule has 1 heterocycles. The third-order valence-corrected chi connectivity index (χ3v) is 4.94. The van der Waals surface area contributed by atoms with Crippen LogP contribution in [0.4, 0.5) is 0 Å². The molecule has 2 rings (SSSR count). The highest BCUT2D eigenvalue weighted by Crippen LogP contribution is 2.40. The molecule has 1 aliphatic heterocycles. The van der Waals surface area contributed by atoms with Gasteiger partial charge in [0.2, 0.25) is 0 Å². The molecule has 0 aliphatic carbocycles. The molecule has 1 aromatic carbocycles. The average Bonchev–Trinajstić information content (AvgIpc) is 2.85. The Hall–Kier alpha value is -2.14. The summed E-state index contributed by atoms with van der Waals surface area (Å²) >= 11 is 0. The maximum absolute atomic E-state index is 13.1. The Labute approximate surface area is 162 Å². The third kappa shape index (κ3) is 4.59. The van der Waals surface area contributed by atoms with Gasteiger partial charge >= 0.3 is 0 Å². The molecule has 1 aliphatic rings. The molecule has 0 spiro atoms. The highest BCUT2D eigenvalue weighted by Gasteiger charge is 2.45. The number of aliphatic hydroxyl groups excluding tert-OH is 1. The van der Waals surface area contributed by atoms with Crippen molar-refractivity contribution in [2.45, 2.75) is 46.6 Å². The van der Waals surface area contributed by atoms with Gasteiger partial charge in [0.25, 0.3) is 5.91 Å². The fourth-order valence-corrected chi connectivity index (χ4v) is 3.36. The van der Waals surface area contributed by atoms with Crippen molar-refractivity contribution in [3.05, 3.63) is 46.7 Å². The first-order chi connectivity index (χ1) is 12.6. The normalized spacial score (nSPS) is 18.0. The van der Waals surface area contributed by atoms with Crippen LogP contribution < -0.4 is 0 Å². The van der Waals surface area contributed by atoms with Crippen molar-refractivity contribution in [3.8, 4) is 0 Å². The molecule has 1 amide bonds. The second kappa shape index (κ2) is 8.26. The molecule has 1 aromatic rings. The molecule has 27 heavy (non-hydrogen) atoms. The number of carbonyl (C=O) groups excluding carboxylic acids is 2. The highest BCUT2D eigenvalue weighted by molar-refractivity contribution is 6.10. The number of amides is 1. The number of ketones is 1. The molecule has 0 fully saturated rings. The molecule has 0 bridgehead atoms. The first kappa shape index (κ1) is 21.2. The number of hydrogen-bond acceptors (Lipinski definition) is 4. The fraction of sp³-hybridized carbons (Fsp3) is 0.545. The second-order valence-electron chi connectivity index (χ2n) is 8.49. The van der Waals surface area contributed by atoms with Crippen molar-refractivity contribution in [1.29, 1.82) is 0 Å². The summed E-state index contributed by atoms with van der Waals surface area (Å²) in [6, 6.07) is 7.44. The van der Waals surface area contributed by atoms with Crippen molar-refractivity contribution in [3.63, 3.8) is 0 Å². The van der Waals surface area contributed by atoms with Crippen LogP contribution in [0.25, 0.3) is 0 Å². The van der Waals surface area contributed by atoms with Gasteiger partial charge in [-0.3, -0.25) is 9.59 Å². The number of benzene rings is 1. The first-order valence-corrected chi connectivity index (χ1v) is 9.60. The molecule has 5 heteroatoms. The molecule has 1 atom stereocenters. The van der Waals surface area contributed by atoms with Crippen LogP contribution in [0.1, 0.15) is 51.3 Å². The van der Waals surface area contributed by atoms with E-state index in [2.05, 4.69) is 11.8 Å². The Morgan fingerprint density at radius 3 is 2.26 bits per heavy atom.